The Morgan fingerprint density at radius 3 is 2.76 bits per heavy atom. The van der Waals surface area contributed by atoms with Crippen molar-refractivity contribution < 1.29 is 9.59 Å². The van der Waals surface area contributed by atoms with Crippen molar-refractivity contribution in [2.45, 2.75) is 38.5 Å². The van der Waals surface area contributed by atoms with Gasteiger partial charge < -0.3 is 0 Å². The van der Waals surface area contributed by atoms with Gasteiger partial charge in [0, 0.05) is 17.9 Å². The van der Waals surface area contributed by atoms with Crippen LogP contribution in [0.25, 0.3) is 0 Å². The summed E-state index contributed by atoms with van der Waals surface area (Å²) in [6, 6.07) is 9.70. The fourth-order valence-corrected chi connectivity index (χ4v) is 6.61. The van der Waals surface area contributed by atoms with Crippen molar-refractivity contribution in [2.24, 2.45) is 28.6 Å². The average molecular weight is 280 g/mol. The van der Waals surface area contributed by atoms with Gasteiger partial charge in [0.2, 0.25) is 0 Å². The Balaban J connectivity index is 1.66. The van der Waals surface area contributed by atoms with Gasteiger partial charge in [-0.3, -0.25) is 9.59 Å². The first-order valence-corrected chi connectivity index (χ1v) is 8.34. The Hall–Kier alpha value is -1.44. The predicted octanol–water partition coefficient (Wildman–Crippen LogP) is 3.65. The zero-order chi connectivity index (χ0) is 14.2. The summed E-state index contributed by atoms with van der Waals surface area (Å²) in [7, 11) is 0. The van der Waals surface area contributed by atoms with E-state index in [9.17, 15) is 9.59 Å². The first-order chi connectivity index (χ1) is 10.2. The topological polar surface area (TPSA) is 34.1 Å². The molecule has 21 heavy (non-hydrogen) atoms. The third-order valence-electron chi connectivity index (χ3n) is 7.19. The van der Waals surface area contributed by atoms with E-state index in [-0.39, 0.29) is 22.5 Å². The summed E-state index contributed by atoms with van der Waals surface area (Å²) in [5.41, 5.74) is 0.562. The molecule has 0 radical (unpaired) electrons. The van der Waals surface area contributed by atoms with Crippen LogP contribution in [-0.4, -0.2) is 11.6 Å². The standard InChI is InChI=1S/C19H20O2/c20-15-11-18-9-5-4-8-13(18)10-14-16(15)19(14,18)17(21)12-6-2-1-3-7-12/h1-3,6-7,13-14,16H,4-5,8-11H2/t13-,14-,16-,18+,19-/m1/s1. The molecule has 5 atom stereocenters. The number of ketones is 2. The average Bonchev–Trinajstić information content (AvgIpc) is 3.05. The van der Waals surface area contributed by atoms with Crippen molar-refractivity contribution in [2.75, 3.05) is 0 Å². The molecule has 4 fully saturated rings. The molecular weight excluding hydrogens is 260 g/mol. The smallest absolute Gasteiger partial charge is 0.170 e. The van der Waals surface area contributed by atoms with Gasteiger partial charge in [-0.25, -0.2) is 0 Å². The summed E-state index contributed by atoms with van der Waals surface area (Å²) >= 11 is 0. The van der Waals surface area contributed by atoms with Crippen LogP contribution in [0.1, 0.15) is 48.9 Å². The molecule has 0 aromatic heterocycles. The van der Waals surface area contributed by atoms with Crippen LogP contribution >= 0.6 is 0 Å². The maximum Gasteiger partial charge on any atom is 0.170 e. The monoisotopic (exact) mass is 280 g/mol. The zero-order valence-electron chi connectivity index (χ0n) is 12.2. The molecule has 4 aliphatic rings. The highest BCUT2D eigenvalue weighted by atomic mass is 16.1. The molecule has 0 heterocycles. The van der Waals surface area contributed by atoms with Crippen LogP contribution in [0, 0.1) is 28.6 Å². The zero-order valence-corrected chi connectivity index (χ0v) is 12.2. The van der Waals surface area contributed by atoms with Crippen LogP contribution in [0.4, 0.5) is 0 Å². The van der Waals surface area contributed by atoms with Gasteiger partial charge in [-0.1, -0.05) is 43.2 Å². The molecular formula is C19H20O2. The van der Waals surface area contributed by atoms with E-state index >= 15 is 0 Å². The third-order valence-corrected chi connectivity index (χ3v) is 7.19. The maximum atomic E-state index is 13.3. The van der Waals surface area contributed by atoms with Gasteiger partial charge in [0.15, 0.2) is 5.78 Å². The minimum Gasteiger partial charge on any atom is -0.299 e. The van der Waals surface area contributed by atoms with Crippen molar-refractivity contribution in [1.29, 1.82) is 0 Å². The van der Waals surface area contributed by atoms with Crippen LogP contribution in [0.3, 0.4) is 0 Å². The first-order valence-electron chi connectivity index (χ1n) is 8.34. The van der Waals surface area contributed by atoms with E-state index in [2.05, 4.69) is 0 Å². The highest BCUT2D eigenvalue weighted by Crippen LogP contribution is 2.86. The lowest BCUT2D eigenvalue weighted by Gasteiger charge is -2.43. The maximum absolute atomic E-state index is 13.3. The molecule has 0 N–H and O–H groups in total. The summed E-state index contributed by atoms with van der Waals surface area (Å²) in [4.78, 5) is 25.8. The second kappa shape index (κ2) is 3.66. The molecule has 5 rings (SSSR count). The van der Waals surface area contributed by atoms with Crippen LogP contribution < -0.4 is 0 Å². The number of carbonyl (C=O) groups excluding carboxylic acids is 2. The van der Waals surface area contributed by atoms with E-state index in [1.165, 1.54) is 19.3 Å². The van der Waals surface area contributed by atoms with E-state index in [0.717, 1.165) is 18.4 Å². The molecule has 0 amide bonds. The lowest BCUT2D eigenvalue weighted by Crippen LogP contribution is -2.40. The van der Waals surface area contributed by atoms with Gasteiger partial charge in [0.25, 0.3) is 0 Å². The fraction of sp³-hybridized carbons (Fsp3) is 0.579. The molecule has 4 saturated carbocycles. The summed E-state index contributed by atoms with van der Waals surface area (Å²) in [5, 5.41) is 0. The summed E-state index contributed by atoms with van der Waals surface area (Å²) in [5.74, 6) is 1.75. The fourth-order valence-electron chi connectivity index (χ4n) is 6.61. The minimum absolute atomic E-state index is 0.0323. The largest absolute Gasteiger partial charge is 0.299 e. The number of fused-ring (bicyclic) bond motifs is 1. The van der Waals surface area contributed by atoms with Crippen LogP contribution in [0.15, 0.2) is 30.3 Å². The van der Waals surface area contributed by atoms with Crippen LogP contribution in [-0.2, 0) is 4.79 Å². The third kappa shape index (κ3) is 1.15. The summed E-state index contributed by atoms with van der Waals surface area (Å²) in [6.45, 7) is 0. The molecule has 0 saturated heterocycles. The first kappa shape index (κ1) is 12.1. The number of hydrogen-bond donors (Lipinski definition) is 0. The molecule has 1 spiro atoms. The van der Waals surface area contributed by atoms with E-state index in [0.29, 0.717) is 24.0 Å². The Morgan fingerprint density at radius 2 is 1.95 bits per heavy atom. The predicted molar refractivity (Wildman–Crippen MR) is 78.8 cm³/mol. The summed E-state index contributed by atoms with van der Waals surface area (Å²) < 4.78 is 0. The Morgan fingerprint density at radius 1 is 1.14 bits per heavy atom. The van der Waals surface area contributed by atoms with Gasteiger partial charge in [-0.15, -0.1) is 0 Å². The quantitative estimate of drug-likeness (QED) is 0.775. The van der Waals surface area contributed by atoms with Crippen molar-refractivity contribution in [3.63, 3.8) is 0 Å². The number of Topliss-reactive ketones (excluding diaryl/α,β-unsaturated/α-hetero) is 2. The molecule has 1 aromatic rings. The van der Waals surface area contributed by atoms with E-state index in [1.807, 2.05) is 30.3 Å². The van der Waals surface area contributed by atoms with Gasteiger partial charge in [0.05, 0.1) is 5.41 Å². The molecule has 0 unspecified atom stereocenters. The minimum atomic E-state index is -0.295. The van der Waals surface area contributed by atoms with Gasteiger partial charge in [-0.2, -0.15) is 0 Å². The van der Waals surface area contributed by atoms with Gasteiger partial charge >= 0.3 is 0 Å². The second-order valence-electron chi connectivity index (χ2n) is 7.63. The number of benzene rings is 1. The highest BCUT2D eigenvalue weighted by molar-refractivity contribution is 6.11. The molecule has 2 nitrogen and oxygen atoms in total. The number of carbonyl (C=O) groups is 2. The normalized spacial score (nSPS) is 46.1. The number of hydrogen-bond acceptors (Lipinski definition) is 2. The van der Waals surface area contributed by atoms with Crippen LogP contribution in [0.2, 0.25) is 0 Å². The Labute approximate surface area is 124 Å². The highest BCUT2D eigenvalue weighted by Gasteiger charge is 2.88. The van der Waals surface area contributed by atoms with Crippen LogP contribution in [0.5, 0.6) is 0 Å². The Bertz CT molecular complexity index is 649. The Kier molecular flexibility index (Phi) is 2.11. The van der Waals surface area contributed by atoms with Crippen molar-refractivity contribution >= 4 is 11.6 Å². The molecule has 0 aliphatic heterocycles. The molecule has 4 aliphatic carbocycles. The van der Waals surface area contributed by atoms with Crippen molar-refractivity contribution in [3.05, 3.63) is 35.9 Å². The second-order valence-corrected chi connectivity index (χ2v) is 7.63. The van der Waals surface area contributed by atoms with Crippen molar-refractivity contribution in [1.82, 2.24) is 0 Å². The molecule has 2 heteroatoms. The van der Waals surface area contributed by atoms with Gasteiger partial charge in [0.1, 0.15) is 5.78 Å². The van der Waals surface area contributed by atoms with Gasteiger partial charge in [-0.05, 0) is 36.5 Å². The van der Waals surface area contributed by atoms with E-state index in [1.54, 1.807) is 0 Å². The van der Waals surface area contributed by atoms with E-state index in [4.69, 9.17) is 0 Å². The lowest BCUT2D eigenvalue weighted by atomic mass is 9.59. The lowest BCUT2D eigenvalue weighted by molar-refractivity contribution is -0.120. The molecule has 1 aromatic carbocycles. The molecule has 0 bridgehead atoms. The summed E-state index contributed by atoms with van der Waals surface area (Å²) in [6.07, 6.45) is 6.66. The molecule has 108 valence electrons. The van der Waals surface area contributed by atoms with Crippen molar-refractivity contribution in [3.8, 4) is 0 Å². The SMILES string of the molecule is O=C1C[C@@]23CCCC[C@@H]2C[C@@H]2[C@H]1[C@@]23C(=O)c1ccccc1. The number of rotatable bonds is 2. The van der Waals surface area contributed by atoms with E-state index < -0.39 is 0 Å².